The molecule has 0 unspecified atom stereocenters. The summed E-state index contributed by atoms with van der Waals surface area (Å²) >= 11 is 0. The molecule has 0 radical (unpaired) electrons. The van der Waals surface area contributed by atoms with E-state index >= 15 is 0 Å². The summed E-state index contributed by atoms with van der Waals surface area (Å²) in [5, 5.41) is 0. The molecule has 0 fully saturated rings. The van der Waals surface area contributed by atoms with Gasteiger partial charge in [0.2, 0.25) is 0 Å². The molecule has 0 N–H and O–H groups in total. The van der Waals surface area contributed by atoms with Crippen LogP contribution in [0.3, 0.4) is 0 Å². The lowest BCUT2D eigenvalue weighted by atomic mass is 9.87. The van der Waals surface area contributed by atoms with E-state index in [1.165, 1.54) is 5.56 Å². The van der Waals surface area contributed by atoms with Gasteiger partial charge in [-0.25, -0.2) is 0 Å². The Balaban J connectivity index is 1.45. The second-order valence-electron chi connectivity index (χ2n) is 9.26. The first-order valence-corrected chi connectivity index (χ1v) is 11.1. The molecule has 164 valence electrons. The summed E-state index contributed by atoms with van der Waals surface area (Å²) in [7, 11) is 0. The molecule has 2 aliphatic heterocycles. The molecule has 2 aromatic carbocycles. The van der Waals surface area contributed by atoms with Crippen molar-refractivity contribution in [3.05, 3.63) is 53.1 Å². The second kappa shape index (κ2) is 8.74. The van der Waals surface area contributed by atoms with Gasteiger partial charge in [0.1, 0.15) is 5.75 Å². The Bertz CT molecular complexity index is 986. The predicted molar refractivity (Wildman–Crippen MR) is 122 cm³/mol. The maximum absolute atomic E-state index is 12.9. The van der Waals surface area contributed by atoms with Crippen LogP contribution in [0.1, 0.15) is 57.2 Å². The average Bonchev–Trinajstić information content (AvgIpc) is 2.97. The molecule has 4 rings (SSSR count). The van der Waals surface area contributed by atoms with E-state index in [0.717, 1.165) is 41.2 Å². The molecule has 0 aromatic heterocycles. The number of aliphatic imine (C=N–C) groups is 1. The summed E-state index contributed by atoms with van der Waals surface area (Å²) in [5.74, 6) is 2.25. The summed E-state index contributed by atoms with van der Waals surface area (Å²) in [6.07, 6.45) is 1.41. The van der Waals surface area contributed by atoms with E-state index in [9.17, 15) is 4.79 Å². The van der Waals surface area contributed by atoms with Crippen LogP contribution in [0.15, 0.2) is 41.4 Å². The SMILES string of the molecule is C[C@H](Oc1ccc(C(C)(C)C)cc1)C(=O)CC1=NCCc2cc3c(cc21)OCCCO3. The molecule has 0 bridgehead atoms. The standard InChI is InChI=1S/C26H31NO4/c1-17(31-20-8-6-19(7-9-20)26(2,3)4)23(28)16-22-21-15-25-24(29-12-5-13-30-25)14-18(21)10-11-27-22/h6-9,14-15,17H,5,10-13,16H2,1-4H3/t17-/m0/s1. The number of ketones is 1. The van der Waals surface area contributed by atoms with Gasteiger partial charge in [-0.1, -0.05) is 32.9 Å². The van der Waals surface area contributed by atoms with Crippen molar-refractivity contribution in [2.24, 2.45) is 4.99 Å². The van der Waals surface area contributed by atoms with Crippen molar-refractivity contribution in [2.75, 3.05) is 19.8 Å². The van der Waals surface area contributed by atoms with Crippen molar-refractivity contribution in [3.63, 3.8) is 0 Å². The molecule has 0 saturated carbocycles. The minimum Gasteiger partial charge on any atom is -0.490 e. The van der Waals surface area contributed by atoms with E-state index in [1.807, 2.05) is 24.3 Å². The third kappa shape index (κ3) is 4.92. The van der Waals surface area contributed by atoms with Crippen LogP contribution < -0.4 is 14.2 Å². The van der Waals surface area contributed by atoms with Crippen molar-refractivity contribution in [1.29, 1.82) is 0 Å². The molecule has 2 aromatic rings. The number of hydrogen-bond donors (Lipinski definition) is 0. The molecule has 0 spiro atoms. The van der Waals surface area contributed by atoms with Gasteiger partial charge in [0.15, 0.2) is 23.4 Å². The van der Waals surface area contributed by atoms with Gasteiger partial charge in [-0.2, -0.15) is 0 Å². The molecule has 2 heterocycles. The average molecular weight is 422 g/mol. The van der Waals surface area contributed by atoms with Gasteiger partial charge >= 0.3 is 0 Å². The maximum Gasteiger partial charge on any atom is 0.178 e. The summed E-state index contributed by atoms with van der Waals surface area (Å²) in [4.78, 5) is 17.6. The molecular weight excluding hydrogens is 390 g/mol. The molecule has 5 nitrogen and oxygen atoms in total. The van der Waals surface area contributed by atoms with Gasteiger partial charge in [0.05, 0.1) is 19.6 Å². The Morgan fingerprint density at radius 1 is 1.10 bits per heavy atom. The number of nitrogens with zero attached hydrogens (tertiary/aromatic N) is 1. The van der Waals surface area contributed by atoms with E-state index in [1.54, 1.807) is 6.92 Å². The monoisotopic (exact) mass is 421 g/mol. The lowest BCUT2D eigenvalue weighted by Crippen LogP contribution is -2.27. The van der Waals surface area contributed by atoms with Gasteiger partial charge in [-0.15, -0.1) is 0 Å². The zero-order chi connectivity index (χ0) is 22.0. The van der Waals surface area contributed by atoms with Crippen molar-refractivity contribution >= 4 is 11.5 Å². The van der Waals surface area contributed by atoms with Gasteiger partial charge in [0, 0.05) is 24.2 Å². The van der Waals surface area contributed by atoms with Crippen LogP contribution in [0, 0.1) is 0 Å². The first-order chi connectivity index (χ1) is 14.8. The summed E-state index contributed by atoms with van der Waals surface area (Å²) in [6.45, 7) is 10.3. The van der Waals surface area contributed by atoms with Crippen LogP contribution in [-0.2, 0) is 16.6 Å². The third-order valence-corrected chi connectivity index (χ3v) is 5.80. The molecule has 0 amide bonds. The fourth-order valence-electron chi connectivity index (χ4n) is 3.89. The first-order valence-electron chi connectivity index (χ1n) is 11.1. The van der Waals surface area contributed by atoms with Crippen LogP contribution in [0.2, 0.25) is 0 Å². The van der Waals surface area contributed by atoms with Crippen LogP contribution in [0.5, 0.6) is 17.2 Å². The Kier molecular flexibility index (Phi) is 6.03. The van der Waals surface area contributed by atoms with Crippen molar-refractivity contribution in [1.82, 2.24) is 0 Å². The molecule has 0 saturated heterocycles. The lowest BCUT2D eigenvalue weighted by molar-refractivity contribution is -0.123. The van der Waals surface area contributed by atoms with E-state index in [4.69, 9.17) is 14.2 Å². The van der Waals surface area contributed by atoms with E-state index in [0.29, 0.717) is 25.5 Å². The van der Waals surface area contributed by atoms with Crippen LogP contribution in [-0.4, -0.2) is 37.4 Å². The number of hydrogen-bond acceptors (Lipinski definition) is 5. The van der Waals surface area contributed by atoms with Crippen molar-refractivity contribution in [2.45, 2.75) is 58.5 Å². The van der Waals surface area contributed by atoms with Gasteiger partial charge < -0.3 is 14.2 Å². The van der Waals surface area contributed by atoms with Crippen LogP contribution in [0.25, 0.3) is 0 Å². The molecule has 0 aliphatic carbocycles. The number of fused-ring (bicyclic) bond motifs is 2. The highest BCUT2D eigenvalue weighted by Gasteiger charge is 2.24. The first kappa shape index (κ1) is 21.4. The lowest BCUT2D eigenvalue weighted by Gasteiger charge is -2.21. The fraction of sp³-hybridized carbons (Fsp3) is 0.462. The van der Waals surface area contributed by atoms with Crippen molar-refractivity contribution < 1.29 is 19.0 Å². The van der Waals surface area contributed by atoms with Crippen LogP contribution >= 0.6 is 0 Å². The second-order valence-corrected chi connectivity index (χ2v) is 9.26. The fourth-order valence-corrected chi connectivity index (χ4v) is 3.89. The third-order valence-electron chi connectivity index (χ3n) is 5.80. The maximum atomic E-state index is 12.9. The smallest absolute Gasteiger partial charge is 0.178 e. The number of Topliss-reactive ketones (excluding diaryl/α,β-unsaturated/α-hetero) is 1. The minimum absolute atomic E-state index is 0.0126. The Hall–Kier alpha value is -2.82. The van der Waals surface area contributed by atoms with E-state index < -0.39 is 6.10 Å². The quantitative estimate of drug-likeness (QED) is 0.688. The molecule has 1 atom stereocenters. The number of carbonyl (C=O) groups is 1. The normalized spacial score (nSPS) is 16.6. The number of benzene rings is 2. The molecule has 2 aliphatic rings. The summed E-state index contributed by atoms with van der Waals surface area (Å²) in [5.41, 5.74) is 4.27. The molecule has 5 heteroatoms. The number of carbonyl (C=O) groups excluding carboxylic acids is 1. The van der Waals surface area contributed by atoms with Crippen LogP contribution in [0.4, 0.5) is 0 Å². The zero-order valence-corrected chi connectivity index (χ0v) is 18.9. The molecular formula is C26H31NO4. The summed E-state index contributed by atoms with van der Waals surface area (Å²) < 4.78 is 17.6. The van der Waals surface area contributed by atoms with E-state index in [2.05, 4.69) is 37.9 Å². The Morgan fingerprint density at radius 2 is 1.77 bits per heavy atom. The van der Waals surface area contributed by atoms with Gasteiger partial charge in [-0.3, -0.25) is 9.79 Å². The van der Waals surface area contributed by atoms with E-state index in [-0.39, 0.29) is 17.6 Å². The summed E-state index contributed by atoms with van der Waals surface area (Å²) in [6, 6.07) is 12.0. The van der Waals surface area contributed by atoms with Crippen molar-refractivity contribution in [3.8, 4) is 17.2 Å². The number of rotatable bonds is 5. The largest absolute Gasteiger partial charge is 0.490 e. The predicted octanol–water partition coefficient (Wildman–Crippen LogP) is 4.92. The van der Waals surface area contributed by atoms with Gasteiger partial charge in [-0.05, 0) is 54.2 Å². The highest BCUT2D eigenvalue weighted by molar-refractivity contribution is 6.13. The minimum atomic E-state index is -0.547. The highest BCUT2D eigenvalue weighted by Crippen LogP contribution is 2.35. The zero-order valence-electron chi connectivity index (χ0n) is 18.9. The Labute approximate surface area is 184 Å². The number of ether oxygens (including phenoxy) is 3. The molecule has 31 heavy (non-hydrogen) atoms. The Morgan fingerprint density at radius 3 is 2.45 bits per heavy atom. The van der Waals surface area contributed by atoms with Gasteiger partial charge in [0.25, 0.3) is 0 Å². The highest BCUT2D eigenvalue weighted by atomic mass is 16.5. The topological polar surface area (TPSA) is 57.1 Å².